The van der Waals surface area contributed by atoms with Gasteiger partial charge >= 0.3 is 0 Å². The lowest BCUT2D eigenvalue weighted by molar-refractivity contribution is 1.07. The summed E-state index contributed by atoms with van der Waals surface area (Å²) in [6.45, 7) is 2.59. The SMILES string of the molecule is Cc1ccc(-c2ccc(CN)c(Cl)c2)s1. The van der Waals surface area contributed by atoms with Gasteiger partial charge in [0.05, 0.1) is 0 Å². The fraction of sp³-hybridized carbons (Fsp3) is 0.167. The van der Waals surface area contributed by atoms with Crippen LogP contribution in [0.15, 0.2) is 30.3 Å². The maximum atomic E-state index is 6.11. The van der Waals surface area contributed by atoms with E-state index in [1.807, 2.05) is 12.1 Å². The smallest absolute Gasteiger partial charge is 0.0457 e. The lowest BCUT2D eigenvalue weighted by Gasteiger charge is -2.03. The second-order valence-corrected chi connectivity index (χ2v) is 5.12. The highest BCUT2D eigenvalue weighted by Gasteiger charge is 2.04. The number of benzene rings is 1. The third kappa shape index (κ3) is 2.23. The minimum absolute atomic E-state index is 0.489. The minimum atomic E-state index is 0.489. The Balaban J connectivity index is 2.42. The van der Waals surface area contributed by atoms with E-state index in [1.165, 1.54) is 9.75 Å². The zero-order chi connectivity index (χ0) is 10.8. The fourth-order valence-electron chi connectivity index (χ4n) is 1.46. The molecule has 3 heteroatoms. The van der Waals surface area contributed by atoms with Crippen LogP contribution in [0.5, 0.6) is 0 Å². The molecule has 78 valence electrons. The molecule has 0 aliphatic heterocycles. The van der Waals surface area contributed by atoms with Crippen LogP contribution in [0.4, 0.5) is 0 Å². The van der Waals surface area contributed by atoms with Crippen LogP contribution >= 0.6 is 22.9 Å². The first-order valence-corrected chi connectivity index (χ1v) is 5.95. The summed E-state index contributed by atoms with van der Waals surface area (Å²) in [6.07, 6.45) is 0. The van der Waals surface area contributed by atoms with Crippen LogP contribution < -0.4 is 5.73 Å². The molecule has 0 saturated carbocycles. The van der Waals surface area contributed by atoms with Gasteiger partial charge in [-0.2, -0.15) is 0 Å². The Bertz CT molecular complexity index is 476. The van der Waals surface area contributed by atoms with E-state index in [0.717, 1.165) is 16.1 Å². The Labute approximate surface area is 98.5 Å². The molecule has 0 aliphatic carbocycles. The van der Waals surface area contributed by atoms with E-state index in [9.17, 15) is 0 Å². The Morgan fingerprint density at radius 2 is 2.07 bits per heavy atom. The summed E-state index contributed by atoms with van der Waals surface area (Å²) in [4.78, 5) is 2.56. The molecule has 0 unspecified atom stereocenters. The van der Waals surface area contributed by atoms with Gasteiger partial charge in [-0.25, -0.2) is 0 Å². The highest BCUT2D eigenvalue weighted by molar-refractivity contribution is 7.15. The first-order valence-electron chi connectivity index (χ1n) is 4.76. The van der Waals surface area contributed by atoms with Gasteiger partial charge in [-0.1, -0.05) is 23.7 Å². The summed E-state index contributed by atoms with van der Waals surface area (Å²) in [7, 11) is 0. The number of aryl methyl sites for hydroxylation is 1. The molecule has 0 saturated heterocycles. The van der Waals surface area contributed by atoms with Crippen molar-refractivity contribution in [2.75, 3.05) is 0 Å². The van der Waals surface area contributed by atoms with E-state index >= 15 is 0 Å². The normalized spacial score (nSPS) is 10.6. The molecule has 1 heterocycles. The van der Waals surface area contributed by atoms with Crippen molar-refractivity contribution in [2.24, 2.45) is 5.73 Å². The summed E-state index contributed by atoms with van der Waals surface area (Å²) in [6, 6.07) is 10.3. The molecule has 0 radical (unpaired) electrons. The van der Waals surface area contributed by atoms with Crippen molar-refractivity contribution in [3.63, 3.8) is 0 Å². The number of halogens is 1. The zero-order valence-corrected chi connectivity index (χ0v) is 10.0. The second-order valence-electron chi connectivity index (χ2n) is 3.42. The molecule has 15 heavy (non-hydrogen) atoms. The summed E-state index contributed by atoms with van der Waals surface area (Å²) in [5.41, 5.74) is 7.72. The molecule has 0 spiro atoms. The van der Waals surface area contributed by atoms with E-state index in [0.29, 0.717) is 6.54 Å². The third-order valence-corrected chi connectivity index (χ3v) is 3.70. The van der Waals surface area contributed by atoms with Crippen LogP contribution in [0.3, 0.4) is 0 Å². The van der Waals surface area contributed by atoms with Crippen LogP contribution in [0, 0.1) is 6.92 Å². The van der Waals surface area contributed by atoms with Gasteiger partial charge in [-0.05, 0) is 36.2 Å². The summed E-state index contributed by atoms with van der Waals surface area (Å²) in [5.74, 6) is 0. The Hall–Kier alpha value is -0.830. The molecular weight excluding hydrogens is 226 g/mol. The van der Waals surface area contributed by atoms with Gasteiger partial charge in [0.2, 0.25) is 0 Å². The zero-order valence-electron chi connectivity index (χ0n) is 8.46. The third-order valence-electron chi connectivity index (χ3n) is 2.30. The van der Waals surface area contributed by atoms with E-state index in [1.54, 1.807) is 11.3 Å². The van der Waals surface area contributed by atoms with Crippen molar-refractivity contribution in [2.45, 2.75) is 13.5 Å². The Morgan fingerprint density at radius 3 is 2.60 bits per heavy atom. The molecule has 1 aromatic heterocycles. The molecule has 0 aliphatic rings. The topological polar surface area (TPSA) is 26.0 Å². The first kappa shape index (κ1) is 10.7. The number of nitrogens with two attached hydrogens (primary N) is 1. The van der Waals surface area contributed by atoms with Gasteiger partial charge in [0, 0.05) is 21.3 Å². The molecule has 1 nitrogen and oxygen atoms in total. The second kappa shape index (κ2) is 4.35. The number of hydrogen-bond acceptors (Lipinski definition) is 2. The monoisotopic (exact) mass is 237 g/mol. The molecule has 0 bridgehead atoms. The highest BCUT2D eigenvalue weighted by Crippen LogP contribution is 2.30. The first-order chi connectivity index (χ1) is 7.20. The largest absolute Gasteiger partial charge is 0.326 e. The van der Waals surface area contributed by atoms with Gasteiger partial charge in [0.15, 0.2) is 0 Å². The van der Waals surface area contributed by atoms with E-state index in [-0.39, 0.29) is 0 Å². The van der Waals surface area contributed by atoms with Crippen LogP contribution in [0.2, 0.25) is 5.02 Å². The quantitative estimate of drug-likeness (QED) is 0.844. The number of thiophene rings is 1. The predicted molar refractivity (Wildman–Crippen MR) is 67.4 cm³/mol. The van der Waals surface area contributed by atoms with Crippen molar-refractivity contribution >= 4 is 22.9 Å². The van der Waals surface area contributed by atoms with Crippen molar-refractivity contribution in [3.05, 3.63) is 45.8 Å². The molecule has 2 aromatic rings. The Morgan fingerprint density at radius 1 is 1.27 bits per heavy atom. The summed E-state index contributed by atoms with van der Waals surface area (Å²) in [5, 5.41) is 0.751. The molecule has 0 amide bonds. The molecular formula is C12H12ClNS. The van der Waals surface area contributed by atoms with Crippen LogP contribution in [0.1, 0.15) is 10.4 Å². The van der Waals surface area contributed by atoms with E-state index in [2.05, 4.69) is 25.1 Å². The average molecular weight is 238 g/mol. The summed E-state index contributed by atoms with van der Waals surface area (Å²) >= 11 is 7.88. The van der Waals surface area contributed by atoms with Crippen molar-refractivity contribution in [1.29, 1.82) is 0 Å². The number of hydrogen-bond donors (Lipinski definition) is 1. The van der Waals surface area contributed by atoms with Gasteiger partial charge < -0.3 is 5.73 Å². The van der Waals surface area contributed by atoms with Crippen LogP contribution in [-0.2, 0) is 6.54 Å². The number of rotatable bonds is 2. The summed E-state index contributed by atoms with van der Waals surface area (Å²) < 4.78 is 0. The lowest BCUT2D eigenvalue weighted by atomic mass is 10.1. The molecule has 1 aromatic carbocycles. The highest BCUT2D eigenvalue weighted by atomic mass is 35.5. The maximum absolute atomic E-state index is 6.11. The van der Waals surface area contributed by atoms with Crippen molar-refractivity contribution in [1.82, 2.24) is 0 Å². The van der Waals surface area contributed by atoms with Crippen LogP contribution in [-0.4, -0.2) is 0 Å². The molecule has 0 fully saturated rings. The van der Waals surface area contributed by atoms with Gasteiger partial charge in [0.25, 0.3) is 0 Å². The lowest BCUT2D eigenvalue weighted by Crippen LogP contribution is -1.96. The molecule has 2 N–H and O–H groups in total. The van der Waals surface area contributed by atoms with Crippen molar-refractivity contribution < 1.29 is 0 Å². The standard InChI is InChI=1S/C12H12ClNS/c1-8-2-5-12(15-8)9-3-4-10(7-14)11(13)6-9/h2-6H,7,14H2,1H3. The van der Waals surface area contributed by atoms with Gasteiger partial charge in [-0.15, -0.1) is 11.3 Å². The van der Waals surface area contributed by atoms with Crippen molar-refractivity contribution in [3.8, 4) is 10.4 Å². The molecule has 2 rings (SSSR count). The maximum Gasteiger partial charge on any atom is 0.0457 e. The average Bonchev–Trinajstić information content (AvgIpc) is 2.65. The van der Waals surface area contributed by atoms with E-state index in [4.69, 9.17) is 17.3 Å². The fourth-order valence-corrected chi connectivity index (χ4v) is 2.58. The van der Waals surface area contributed by atoms with Gasteiger partial charge in [-0.3, -0.25) is 0 Å². The predicted octanol–water partition coefficient (Wildman–Crippen LogP) is 3.84. The van der Waals surface area contributed by atoms with Crippen LogP contribution in [0.25, 0.3) is 10.4 Å². The van der Waals surface area contributed by atoms with Gasteiger partial charge in [0.1, 0.15) is 0 Å². The molecule has 0 atom stereocenters. The Kier molecular flexibility index (Phi) is 3.10. The van der Waals surface area contributed by atoms with E-state index < -0.39 is 0 Å². The minimum Gasteiger partial charge on any atom is -0.326 e.